The second kappa shape index (κ2) is 6.89. The average Bonchev–Trinajstić information content (AvgIpc) is 2.48. The van der Waals surface area contributed by atoms with Crippen LogP contribution in [0.25, 0.3) is 0 Å². The number of ether oxygens (including phenoxy) is 2. The first-order valence-electron chi connectivity index (χ1n) is 6.14. The van der Waals surface area contributed by atoms with Crippen molar-refractivity contribution in [3.63, 3.8) is 0 Å². The number of rotatable bonds is 5. The summed E-state index contributed by atoms with van der Waals surface area (Å²) in [5.41, 5.74) is -0.0834. The van der Waals surface area contributed by atoms with E-state index in [4.69, 9.17) is 4.74 Å². The molecule has 2 aromatic rings. The molecule has 0 aliphatic heterocycles. The third-order valence-electron chi connectivity index (χ3n) is 2.65. The summed E-state index contributed by atoms with van der Waals surface area (Å²) in [4.78, 5) is 10.6. The molecule has 2 rings (SSSR count). The van der Waals surface area contributed by atoms with Crippen molar-refractivity contribution in [1.29, 1.82) is 0 Å². The molecule has 0 aromatic heterocycles. The Bertz CT molecular complexity index is 704. The summed E-state index contributed by atoms with van der Waals surface area (Å²) >= 11 is -0.439. The molecule has 0 fully saturated rings. The van der Waals surface area contributed by atoms with E-state index < -0.39 is 26.2 Å². The molecule has 0 bridgehead atoms. The minimum atomic E-state index is -4.75. The summed E-state index contributed by atoms with van der Waals surface area (Å²) in [7, 11) is 1.41. The first kappa shape index (κ1) is 17.1. The van der Waals surface area contributed by atoms with Gasteiger partial charge in [-0.3, -0.25) is 0 Å². The van der Waals surface area contributed by atoms with E-state index >= 15 is 0 Å². The van der Waals surface area contributed by atoms with Gasteiger partial charge < -0.3 is 0 Å². The molecule has 2 aromatic carbocycles. The summed E-state index contributed by atoms with van der Waals surface area (Å²) in [6.45, 7) is 0. The van der Waals surface area contributed by atoms with Gasteiger partial charge in [0, 0.05) is 0 Å². The van der Waals surface area contributed by atoms with Crippen LogP contribution in [-0.4, -0.2) is 33.4 Å². The molecule has 9 heteroatoms. The second-order valence-corrected chi connectivity index (χ2v) is 6.55. The van der Waals surface area contributed by atoms with Gasteiger partial charge in [-0.2, -0.15) is 0 Å². The maximum absolute atomic E-state index is 12.1. The fourth-order valence-electron chi connectivity index (χ4n) is 1.69. The van der Waals surface area contributed by atoms with E-state index in [1.54, 1.807) is 12.1 Å². The monoisotopic (exact) mass is 393 g/mol. The summed E-state index contributed by atoms with van der Waals surface area (Å²) in [6.07, 6.45) is -4.75. The Balaban J connectivity index is 2.20. The number of alkyl halides is 3. The molecule has 0 saturated carbocycles. The Kier molecular flexibility index (Phi) is 5.12. The quantitative estimate of drug-likeness (QED) is 0.445. The van der Waals surface area contributed by atoms with Crippen LogP contribution in [0.3, 0.4) is 0 Å². The number of hydrogen-bond donors (Lipinski definition) is 0. The average molecular weight is 392 g/mol. The standard InChI is InChI=1S/C14H10F3NO4Se/c1-21-10-4-7-13(12(8-10)18(19)20)23-11-5-2-9(3-6-11)22-14(15,16)17/h2-8H,1H3. The van der Waals surface area contributed by atoms with E-state index in [2.05, 4.69) is 4.74 Å². The molecule has 0 aliphatic rings. The zero-order valence-corrected chi connectivity index (χ0v) is 13.4. The van der Waals surface area contributed by atoms with Gasteiger partial charge in [0.15, 0.2) is 0 Å². The maximum atomic E-state index is 12.1. The van der Waals surface area contributed by atoms with Crippen LogP contribution >= 0.6 is 0 Å². The Morgan fingerprint density at radius 2 is 1.70 bits per heavy atom. The van der Waals surface area contributed by atoms with E-state index in [1.807, 2.05) is 0 Å². The molecule has 0 unspecified atom stereocenters. The van der Waals surface area contributed by atoms with Crippen molar-refractivity contribution in [1.82, 2.24) is 0 Å². The van der Waals surface area contributed by atoms with E-state index in [1.165, 1.54) is 37.4 Å². The summed E-state index contributed by atoms with van der Waals surface area (Å²) in [6, 6.07) is 9.77. The zero-order valence-electron chi connectivity index (χ0n) is 11.7. The van der Waals surface area contributed by atoms with Gasteiger partial charge in [-0.05, 0) is 0 Å². The number of methoxy groups -OCH3 is 1. The van der Waals surface area contributed by atoms with Gasteiger partial charge >= 0.3 is 135 Å². The van der Waals surface area contributed by atoms with Crippen LogP contribution in [0.2, 0.25) is 0 Å². The molecule has 122 valence electrons. The molecular formula is C14H10F3NO4Se. The summed E-state index contributed by atoms with van der Waals surface area (Å²) in [5, 5.41) is 11.1. The fourth-order valence-corrected chi connectivity index (χ4v) is 3.58. The van der Waals surface area contributed by atoms with Crippen LogP contribution in [0.1, 0.15) is 0 Å². The normalized spacial score (nSPS) is 11.1. The third kappa shape index (κ3) is 4.87. The first-order valence-corrected chi connectivity index (χ1v) is 7.86. The molecule has 0 saturated heterocycles. The van der Waals surface area contributed by atoms with Gasteiger partial charge in [-0.1, -0.05) is 0 Å². The minimum absolute atomic E-state index is 0.0834. The first-order chi connectivity index (χ1) is 10.8. The van der Waals surface area contributed by atoms with Crippen LogP contribution in [0.4, 0.5) is 18.9 Å². The number of hydrogen-bond acceptors (Lipinski definition) is 4. The van der Waals surface area contributed by atoms with Crippen LogP contribution in [0.5, 0.6) is 11.5 Å². The van der Waals surface area contributed by atoms with Crippen molar-refractivity contribution in [2.45, 2.75) is 6.36 Å². The molecule has 0 radical (unpaired) electrons. The number of nitrogens with zero attached hydrogens (tertiary/aromatic N) is 1. The molecule has 0 N–H and O–H groups in total. The van der Waals surface area contributed by atoms with E-state index in [-0.39, 0.29) is 11.4 Å². The Hall–Kier alpha value is -2.25. The molecular weight excluding hydrogens is 382 g/mol. The topological polar surface area (TPSA) is 61.6 Å². The van der Waals surface area contributed by atoms with Crippen molar-refractivity contribution >= 4 is 29.6 Å². The zero-order chi connectivity index (χ0) is 17.0. The predicted octanol–water partition coefficient (Wildman–Crippen LogP) is 2.16. The van der Waals surface area contributed by atoms with Crippen molar-refractivity contribution < 1.29 is 27.6 Å². The van der Waals surface area contributed by atoms with E-state index in [0.717, 1.165) is 0 Å². The van der Waals surface area contributed by atoms with Gasteiger partial charge in [0.25, 0.3) is 0 Å². The summed E-state index contributed by atoms with van der Waals surface area (Å²) < 4.78 is 46.2. The number of nitro benzene ring substituents is 1. The second-order valence-electron chi connectivity index (χ2n) is 4.21. The Labute approximate surface area is 135 Å². The van der Waals surface area contributed by atoms with E-state index in [0.29, 0.717) is 14.7 Å². The van der Waals surface area contributed by atoms with Crippen molar-refractivity contribution in [3.05, 3.63) is 52.6 Å². The van der Waals surface area contributed by atoms with Crippen molar-refractivity contribution in [3.8, 4) is 11.5 Å². The molecule has 0 aliphatic carbocycles. The fraction of sp³-hybridized carbons (Fsp3) is 0.143. The van der Waals surface area contributed by atoms with Gasteiger partial charge in [0.1, 0.15) is 0 Å². The molecule has 0 heterocycles. The van der Waals surface area contributed by atoms with E-state index in [9.17, 15) is 23.3 Å². The molecule has 0 spiro atoms. The van der Waals surface area contributed by atoms with Crippen molar-refractivity contribution in [2.24, 2.45) is 0 Å². The van der Waals surface area contributed by atoms with Crippen LogP contribution < -0.4 is 18.4 Å². The molecule has 23 heavy (non-hydrogen) atoms. The SMILES string of the molecule is COc1ccc([Se]c2ccc(OC(F)(F)F)cc2)c([N+](=O)[O-])c1. The van der Waals surface area contributed by atoms with Gasteiger partial charge in [0.05, 0.1) is 0 Å². The van der Waals surface area contributed by atoms with Gasteiger partial charge in [0.2, 0.25) is 0 Å². The predicted molar refractivity (Wildman–Crippen MR) is 77.8 cm³/mol. The Morgan fingerprint density at radius 1 is 1.09 bits per heavy atom. The summed E-state index contributed by atoms with van der Waals surface area (Å²) in [5.74, 6) is 0.0338. The number of benzene rings is 2. The van der Waals surface area contributed by atoms with Crippen LogP contribution in [0, 0.1) is 10.1 Å². The molecule has 0 atom stereocenters. The van der Waals surface area contributed by atoms with Crippen LogP contribution in [-0.2, 0) is 0 Å². The number of nitro groups is 1. The number of halogens is 3. The van der Waals surface area contributed by atoms with Gasteiger partial charge in [-0.25, -0.2) is 0 Å². The molecule has 0 amide bonds. The van der Waals surface area contributed by atoms with Crippen LogP contribution in [0.15, 0.2) is 42.5 Å². The molecule has 5 nitrogen and oxygen atoms in total. The third-order valence-corrected chi connectivity index (χ3v) is 4.90. The Morgan fingerprint density at radius 3 is 2.22 bits per heavy atom. The van der Waals surface area contributed by atoms with Gasteiger partial charge in [-0.15, -0.1) is 0 Å². The van der Waals surface area contributed by atoms with Crippen molar-refractivity contribution in [2.75, 3.05) is 7.11 Å².